The molecule has 3 aromatic rings. The van der Waals surface area contributed by atoms with Crippen molar-refractivity contribution in [3.8, 4) is 11.5 Å². The van der Waals surface area contributed by atoms with Gasteiger partial charge in [-0.25, -0.2) is 0 Å². The lowest BCUT2D eigenvalue weighted by Crippen LogP contribution is -2.83. The highest BCUT2D eigenvalue weighted by atomic mass is 16.5. The lowest BCUT2D eigenvalue weighted by Gasteiger charge is -2.14. The molecule has 0 aliphatic heterocycles. The van der Waals surface area contributed by atoms with Gasteiger partial charge in [0, 0.05) is 16.8 Å². The van der Waals surface area contributed by atoms with E-state index in [0.29, 0.717) is 17.5 Å². The lowest BCUT2D eigenvalue weighted by atomic mass is 10.1. The lowest BCUT2D eigenvalue weighted by molar-refractivity contribution is -0.707. The van der Waals surface area contributed by atoms with Gasteiger partial charge in [-0.3, -0.25) is 4.79 Å². The summed E-state index contributed by atoms with van der Waals surface area (Å²) < 4.78 is 11.1. The van der Waals surface area contributed by atoms with Crippen LogP contribution in [0.5, 0.6) is 11.5 Å². The summed E-state index contributed by atoms with van der Waals surface area (Å²) in [5.41, 5.74) is 3.17. The van der Waals surface area contributed by atoms with Gasteiger partial charge < -0.3 is 20.1 Å². The Morgan fingerprint density at radius 2 is 1.66 bits per heavy atom. The summed E-state index contributed by atoms with van der Waals surface area (Å²) in [6, 6.07) is 25.9. The number of hydrogen-bond donors (Lipinski definition) is 2. The molecule has 5 heteroatoms. The minimum atomic E-state index is -0.215. The SMILES string of the molecule is COc1cc(C[NH2+][C@@H](C)c2ccccc2)ccc1OCC(=O)Nc1ccccc1. The van der Waals surface area contributed by atoms with Crippen molar-refractivity contribution >= 4 is 11.6 Å². The first-order chi connectivity index (χ1) is 14.2. The van der Waals surface area contributed by atoms with E-state index < -0.39 is 0 Å². The molecule has 0 aliphatic carbocycles. The van der Waals surface area contributed by atoms with Gasteiger partial charge in [0.1, 0.15) is 12.6 Å². The van der Waals surface area contributed by atoms with Gasteiger partial charge in [0.2, 0.25) is 0 Å². The Morgan fingerprint density at radius 3 is 2.34 bits per heavy atom. The van der Waals surface area contributed by atoms with Crippen molar-refractivity contribution < 1.29 is 19.6 Å². The summed E-state index contributed by atoms with van der Waals surface area (Å²) >= 11 is 0. The molecule has 1 atom stereocenters. The Bertz CT molecular complexity index is 914. The predicted molar refractivity (Wildman–Crippen MR) is 114 cm³/mol. The highest BCUT2D eigenvalue weighted by Gasteiger charge is 2.12. The number of amides is 1. The van der Waals surface area contributed by atoms with Crippen molar-refractivity contribution in [1.29, 1.82) is 0 Å². The number of carbonyl (C=O) groups excluding carboxylic acids is 1. The molecule has 0 saturated carbocycles. The monoisotopic (exact) mass is 391 g/mol. The highest BCUT2D eigenvalue weighted by Crippen LogP contribution is 2.28. The second kappa shape index (κ2) is 10.3. The van der Waals surface area contributed by atoms with Crippen molar-refractivity contribution in [2.45, 2.75) is 19.5 Å². The van der Waals surface area contributed by atoms with Crippen molar-refractivity contribution in [2.24, 2.45) is 0 Å². The molecule has 5 nitrogen and oxygen atoms in total. The maximum Gasteiger partial charge on any atom is 0.262 e. The molecule has 3 rings (SSSR count). The molecule has 0 radical (unpaired) electrons. The van der Waals surface area contributed by atoms with Crippen LogP contribution in [0.4, 0.5) is 5.69 Å². The van der Waals surface area contributed by atoms with Crippen LogP contribution >= 0.6 is 0 Å². The van der Waals surface area contributed by atoms with E-state index in [-0.39, 0.29) is 12.5 Å². The van der Waals surface area contributed by atoms with Crippen LogP contribution in [0.3, 0.4) is 0 Å². The Hall–Kier alpha value is -3.31. The van der Waals surface area contributed by atoms with Crippen molar-refractivity contribution in [1.82, 2.24) is 0 Å². The fourth-order valence-corrected chi connectivity index (χ4v) is 3.03. The van der Waals surface area contributed by atoms with Gasteiger partial charge in [0.15, 0.2) is 18.1 Å². The summed E-state index contributed by atoms with van der Waals surface area (Å²) in [5, 5.41) is 5.08. The smallest absolute Gasteiger partial charge is 0.262 e. The first-order valence-corrected chi connectivity index (χ1v) is 9.68. The van der Waals surface area contributed by atoms with Crippen LogP contribution in [0.2, 0.25) is 0 Å². The van der Waals surface area contributed by atoms with Crippen LogP contribution in [0.1, 0.15) is 24.1 Å². The number of para-hydroxylation sites is 1. The van der Waals surface area contributed by atoms with Gasteiger partial charge in [-0.05, 0) is 37.3 Å². The Labute approximate surface area is 171 Å². The minimum Gasteiger partial charge on any atom is -0.493 e. The second-order valence-electron chi connectivity index (χ2n) is 6.83. The average molecular weight is 391 g/mol. The summed E-state index contributed by atoms with van der Waals surface area (Å²) in [6.07, 6.45) is 0. The first kappa shape index (κ1) is 20.4. The molecule has 0 unspecified atom stereocenters. The molecule has 0 aliphatic rings. The van der Waals surface area contributed by atoms with Gasteiger partial charge in [0.05, 0.1) is 7.11 Å². The quantitative estimate of drug-likeness (QED) is 0.586. The predicted octanol–water partition coefficient (Wildman–Crippen LogP) is 3.54. The summed E-state index contributed by atoms with van der Waals surface area (Å²) in [7, 11) is 1.60. The van der Waals surface area contributed by atoms with Crippen LogP contribution in [-0.4, -0.2) is 19.6 Å². The molecular weight excluding hydrogens is 364 g/mol. The van der Waals surface area contributed by atoms with E-state index in [1.807, 2.05) is 54.6 Å². The van der Waals surface area contributed by atoms with E-state index in [4.69, 9.17) is 9.47 Å². The number of nitrogens with one attached hydrogen (secondary N) is 1. The van der Waals surface area contributed by atoms with E-state index >= 15 is 0 Å². The number of anilines is 1. The Balaban J connectivity index is 1.55. The Kier molecular flexibility index (Phi) is 7.25. The number of nitrogens with two attached hydrogens (primary N) is 1. The van der Waals surface area contributed by atoms with E-state index in [1.54, 1.807) is 7.11 Å². The van der Waals surface area contributed by atoms with E-state index in [1.165, 1.54) is 5.56 Å². The molecular formula is C24H27N2O3+. The number of ether oxygens (including phenoxy) is 2. The number of methoxy groups -OCH3 is 1. The Morgan fingerprint density at radius 1 is 0.966 bits per heavy atom. The zero-order valence-corrected chi connectivity index (χ0v) is 16.8. The zero-order chi connectivity index (χ0) is 20.5. The van der Waals surface area contributed by atoms with Gasteiger partial charge in [-0.1, -0.05) is 48.5 Å². The molecule has 3 N–H and O–H groups in total. The summed E-state index contributed by atoms with van der Waals surface area (Å²) in [4.78, 5) is 12.1. The third-order valence-electron chi connectivity index (χ3n) is 4.68. The molecule has 0 saturated heterocycles. The molecule has 0 fully saturated rings. The van der Waals surface area contributed by atoms with Gasteiger partial charge >= 0.3 is 0 Å². The third-order valence-corrected chi connectivity index (χ3v) is 4.68. The summed E-state index contributed by atoms with van der Waals surface area (Å²) in [5.74, 6) is 0.957. The number of rotatable bonds is 9. The van der Waals surface area contributed by atoms with Crippen LogP contribution in [0.15, 0.2) is 78.9 Å². The van der Waals surface area contributed by atoms with Gasteiger partial charge in [-0.2, -0.15) is 0 Å². The maximum absolute atomic E-state index is 12.1. The molecule has 0 heterocycles. The fourth-order valence-electron chi connectivity index (χ4n) is 3.03. The zero-order valence-electron chi connectivity index (χ0n) is 16.8. The molecule has 3 aromatic carbocycles. The molecule has 1 amide bonds. The van der Waals surface area contributed by atoms with E-state index in [0.717, 1.165) is 17.8 Å². The highest BCUT2D eigenvalue weighted by molar-refractivity contribution is 5.91. The normalized spacial score (nSPS) is 11.5. The number of carbonyl (C=O) groups is 1. The standard InChI is InChI=1S/C24H26N2O3/c1-18(20-9-5-3-6-10-20)25-16-19-13-14-22(23(15-19)28-2)29-17-24(27)26-21-11-7-4-8-12-21/h3-15,18,25H,16-17H2,1-2H3,(H,26,27)/p+1/t18-/m0/s1. The second-order valence-corrected chi connectivity index (χ2v) is 6.83. The molecule has 0 bridgehead atoms. The van der Waals surface area contributed by atoms with Crippen LogP contribution < -0.4 is 20.1 Å². The van der Waals surface area contributed by atoms with Crippen LogP contribution in [0.25, 0.3) is 0 Å². The third kappa shape index (κ3) is 6.09. The average Bonchev–Trinajstić information content (AvgIpc) is 2.77. The minimum absolute atomic E-state index is 0.0816. The number of benzene rings is 3. The van der Waals surface area contributed by atoms with Crippen LogP contribution in [0, 0.1) is 0 Å². The summed E-state index contributed by atoms with van der Waals surface area (Å²) in [6.45, 7) is 2.93. The van der Waals surface area contributed by atoms with E-state index in [2.05, 4.69) is 41.8 Å². The van der Waals surface area contributed by atoms with Crippen molar-refractivity contribution in [3.05, 3.63) is 90.0 Å². The maximum atomic E-state index is 12.1. The van der Waals surface area contributed by atoms with Crippen molar-refractivity contribution in [3.63, 3.8) is 0 Å². The molecule has 29 heavy (non-hydrogen) atoms. The largest absolute Gasteiger partial charge is 0.493 e. The van der Waals surface area contributed by atoms with Crippen molar-refractivity contribution in [2.75, 3.05) is 19.0 Å². The molecule has 0 aromatic heterocycles. The van der Waals surface area contributed by atoms with Crippen LogP contribution in [-0.2, 0) is 11.3 Å². The van der Waals surface area contributed by atoms with Gasteiger partial charge in [0.25, 0.3) is 5.91 Å². The number of hydrogen-bond acceptors (Lipinski definition) is 3. The topological polar surface area (TPSA) is 64.2 Å². The fraction of sp³-hybridized carbons (Fsp3) is 0.208. The van der Waals surface area contributed by atoms with Gasteiger partial charge in [-0.15, -0.1) is 0 Å². The molecule has 0 spiro atoms. The number of quaternary nitrogens is 1. The molecule has 150 valence electrons. The first-order valence-electron chi connectivity index (χ1n) is 9.68. The van der Waals surface area contributed by atoms with E-state index in [9.17, 15) is 4.79 Å².